The molecule has 0 aliphatic carbocycles. The number of carboxylic acids is 1. The summed E-state index contributed by atoms with van der Waals surface area (Å²) in [6.07, 6.45) is 1.44. The molecule has 0 radical (unpaired) electrons. The van der Waals surface area contributed by atoms with Crippen LogP contribution in [0.5, 0.6) is 5.75 Å². The van der Waals surface area contributed by atoms with Crippen molar-refractivity contribution in [2.75, 3.05) is 5.32 Å². The normalized spacial score (nSPS) is 10.8. The van der Waals surface area contributed by atoms with Crippen molar-refractivity contribution in [2.45, 2.75) is 6.61 Å². The van der Waals surface area contributed by atoms with Crippen molar-refractivity contribution in [2.24, 2.45) is 0 Å². The molecule has 3 rings (SSSR count). The monoisotopic (exact) mass is 416 g/mol. The largest absolute Gasteiger partial charge is 0.489 e. The number of hydrogen-bond acceptors (Lipinski definition) is 4. The summed E-state index contributed by atoms with van der Waals surface area (Å²) in [5, 5.41) is 20.8. The molecule has 7 heteroatoms. The molecule has 0 spiro atoms. The number of carbonyl (C=O) groups excluding carboxylic acids is 1. The first-order valence-corrected chi connectivity index (χ1v) is 9.18. The van der Waals surface area contributed by atoms with E-state index in [1.165, 1.54) is 42.5 Å². The number of aromatic carboxylic acids is 1. The number of nitrogens with zero attached hydrogens (tertiary/aromatic N) is 1. The molecule has 3 aromatic carbocycles. The van der Waals surface area contributed by atoms with Gasteiger partial charge in [-0.2, -0.15) is 5.26 Å². The molecule has 0 saturated heterocycles. The van der Waals surface area contributed by atoms with Crippen molar-refractivity contribution in [3.05, 3.63) is 101 Å². The Bertz CT molecular complexity index is 1150. The summed E-state index contributed by atoms with van der Waals surface area (Å²) < 4.78 is 18.6. The van der Waals surface area contributed by atoms with E-state index in [0.29, 0.717) is 17.0 Å². The molecule has 0 unspecified atom stereocenters. The molecular formula is C24H17FN2O4. The highest BCUT2D eigenvalue weighted by Crippen LogP contribution is 2.17. The Labute approximate surface area is 177 Å². The van der Waals surface area contributed by atoms with E-state index in [0.717, 1.165) is 5.56 Å². The van der Waals surface area contributed by atoms with E-state index in [2.05, 4.69) is 5.32 Å². The lowest BCUT2D eigenvalue weighted by Gasteiger charge is -2.07. The third-order valence-electron chi connectivity index (χ3n) is 4.26. The number of nitrogens with one attached hydrogen (secondary N) is 1. The molecule has 2 N–H and O–H groups in total. The molecule has 31 heavy (non-hydrogen) atoms. The highest BCUT2D eigenvalue weighted by molar-refractivity contribution is 6.09. The van der Waals surface area contributed by atoms with Gasteiger partial charge in [-0.3, -0.25) is 4.79 Å². The van der Waals surface area contributed by atoms with Gasteiger partial charge in [0.15, 0.2) is 0 Å². The minimum Gasteiger partial charge on any atom is -0.489 e. The molecule has 0 aromatic heterocycles. The summed E-state index contributed by atoms with van der Waals surface area (Å²) in [5.74, 6) is -1.40. The van der Waals surface area contributed by atoms with Crippen LogP contribution in [0.3, 0.4) is 0 Å². The Hall–Kier alpha value is -4.44. The topological polar surface area (TPSA) is 99.4 Å². The highest BCUT2D eigenvalue weighted by Gasteiger charge is 2.10. The molecule has 154 valence electrons. The van der Waals surface area contributed by atoms with Crippen molar-refractivity contribution in [1.82, 2.24) is 0 Å². The first-order valence-electron chi connectivity index (χ1n) is 9.18. The van der Waals surface area contributed by atoms with Crippen LogP contribution < -0.4 is 10.1 Å². The van der Waals surface area contributed by atoms with Crippen LogP contribution in [-0.2, 0) is 11.4 Å². The molecule has 0 atom stereocenters. The van der Waals surface area contributed by atoms with Crippen LogP contribution >= 0.6 is 0 Å². The Balaban J connectivity index is 1.63. The van der Waals surface area contributed by atoms with E-state index in [1.807, 2.05) is 6.07 Å². The Kier molecular flexibility index (Phi) is 6.76. The number of hydrogen-bond donors (Lipinski definition) is 2. The lowest BCUT2D eigenvalue weighted by Crippen LogP contribution is -2.13. The summed E-state index contributed by atoms with van der Waals surface area (Å²) in [7, 11) is 0. The van der Waals surface area contributed by atoms with Gasteiger partial charge in [0.2, 0.25) is 0 Å². The molecule has 3 aromatic rings. The van der Waals surface area contributed by atoms with E-state index in [-0.39, 0.29) is 23.6 Å². The zero-order valence-electron chi connectivity index (χ0n) is 16.2. The van der Waals surface area contributed by atoms with Crippen molar-refractivity contribution in [3.8, 4) is 11.8 Å². The Morgan fingerprint density at radius 2 is 1.65 bits per heavy atom. The van der Waals surface area contributed by atoms with Crippen molar-refractivity contribution < 1.29 is 23.8 Å². The van der Waals surface area contributed by atoms with Crippen LogP contribution in [0.1, 0.15) is 21.5 Å². The van der Waals surface area contributed by atoms with Gasteiger partial charge in [-0.05, 0) is 65.7 Å². The van der Waals surface area contributed by atoms with Crippen LogP contribution in [0, 0.1) is 17.1 Å². The summed E-state index contributed by atoms with van der Waals surface area (Å²) in [6, 6.07) is 20.3. The third-order valence-corrected chi connectivity index (χ3v) is 4.26. The van der Waals surface area contributed by atoms with E-state index in [1.54, 1.807) is 36.4 Å². The van der Waals surface area contributed by atoms with Gasteiger partial charge in [0.1, 0.15) is 29.8 Å². The number of anilines is 1. The summed E-state index contributed by atoms with van der Waals surface area (Å²) in [5.41, 5.74) is 1.81. The predicted molar refractivity (Wildman–Crippen MR) is 113 cm³/mol. The van der Waals surface area contributed by atoms with Crippen LogP contribution in [0.25, 0.3) is 6.08 Å². The second-order valence-corrected chi connectivity index (χ2v) is 6.49. The fourth-order valence-electron chi connectivity index (χ4n) is 2.62. The molecular weight excluding hydrogens is 399 g/mol. The van der Waals surface area contributed by atoms with Gasteiger partial charge in [0.05, 0.1) is 5.56 Å². The lowest BCUT2D eigenvalue weighted by atomic mass is 10.1. The van der Waals surface area contributed by atoms with Gasteiger partial charge in [0, 0.05) is 5.69 Å². The standard InChI is InChI=1S/C24H17FN2O4/c25-20-7-1-17(2-8-20)15-31-22-11-3-16(4-12-22)13-19(14-26)23(28)27-21-9-5-18(6-10-21)24(29)30/h1-13H,15H2,(H,27,28)(H,29,30)/b19-13+. The average Bonchev–Trinajstić information content (AvgIpc) is 2.78. The van der Waals surface area contributed by atoms with Crippen molar-refractivity contribution in [1.29, 1.82) is 5.26 Å². The minimum absolute atomic E-state index is 0.0933. The summed E-state index contributed by atoms with van der Waals surface area (Å²) >= 11 is 0. The number of amides is 1. The first-order chi connectivity index (χ1) is 14.9. The number of carbonyl (C=O) groups is 2. The number of nitriles is 1. The maximum absolute atomic E-state index is 12.9. The van der Waals surface area contributed by atoms with E-state index in [9.17, 15) is 19.2 Å². The van der Waals surface area contributed by atoms with Crippen LogP contribution in [0.2, 0.25) is 0 Å². The average molecular weight is 416 g/mol. The van der Waals surface area contributed by atoms with Gasteiger partial charge in [-0.1, -0.05) is 24.3 Å². The van der Waals surface area contributed by atoms with Crippen LogP contribution in [-0.4, -0.2) is 17.0 Å². The van der Waals surface area contributed by atoms with E-state index < -0.39 is 11.9 Å². The van der Waals surface area contributed by atoms with Gasteiger partial charge >= 0.3 is 5.97 Å². The Morgan fingerprint density at radius 1 is 1.00 bits per heavy atom. The molecule has 1 amide bonds. The number of carboxylic acid groups (broad SMARTS) is 1. The molecule has 0 fully saturated rings. The zero-order valence-corrected chi connectivity index (χ0v) is 16.2. The van der Waals surface area contributed by atoms with Gasteiger partial charge < -0.3 is 15.2 Å². The highest BCUT2D eigenvalue weighted by atomic mass is 19.1. The molecule has 0 saturated carbocycles. The zero-order chi connectivity index (χ0) is 22.2. The van der Waals surface area contributed by atoms with Gasteiger partial charge in [-0.25, -0.2) is 9.18 Å². The van der Waals surface area contributed by atoms with E-state index >= 15 is 0 Å². The Morgan fingerprint density at radius 3 is 2.23 bits per heavy atom. The maximum Gasteiger partial charge on any atom is 0.335 e. The molecule has 0 heterocycles. The quantitative estimate of drug-likeness (QED) is 0.431. The van der Waals surface area contributed by atoms with Crippen LogP contribution in [0.15, 0.2) is 78.4 Å². The van der Waals surface area contributed by atoms with Crippen molar-refractivity contribution >= 4 is 23.6 Å². The lowest BCUT2D eigenvalue weighted by molar-refractivity contribution is -0.112. The number of rotatable bonds is 7. The van der Waals surface area contributed by atoms with E-state index in [4.69, 9.17) is 9.84 Å². The predicted octanol–water partition coefficient (Wildman–Crippen LogP) is 4.65. The second-order valence-electron chi connectivity index (χ2n) is 6.49. The van der Waals surface area contributed by atoms with Crippen molar-refractivity contribution in [3.63, 3.8) is 0 Å². The summed E-state index contributed by atoms with van der Waals surface area (Å²) in [4.78, 5) is 23.2. The molecule has 0 bridgehead atoms. The van der Waals surface area contributed by atoms with Crippen LogP contribution in [0.4, 0.5) is 10.1 Å². The maximum atomic E-state index is 12.9. The van der Waals surface area contributed by atoms with Gasteiger partial charge in [0.25, 0.3) is 5.91 Å². The number of ether oxygens (including phenoxy) is 1. The molecule has 0 aliphatic rings. The fraction of sp³-hybridized carbons (Fsp3) is 0.0417. The number of halogens is 1. The SMILES string of the molecule is N#C/C(=C\c1ccc(OCc2ccc(F)cc2)cc1)C(=O)Nc1ccc(C(=O)O)cc1. The molecule has 0 aliphatic heterocycles. The number of benzene rings is 3. The van der Waals surface area contributed by atoms with Gasteiger partial charge in [-0.15, -0.1) is 0 Å². The fourth-order valence-corrected chi connectivity index (χ4v) is 2.62. The third kappa shape index (κ3) is 6.02. The smallest absolute Gasteiger partial charge is 0.335 e. The second kappa shape index (κ2) is 9.85. The first kappa shape index (κ1) is 21.3. The molecule has 6 nitrogen and oxygen atoms in total. The summed E-state index contributed by atoms with van der Waals surface area (Å²) in [6.45, 7) is 0.280. The minimum atomic E-state index is -1.07.